The second kappa shape index (κ2) is 15.2. The Kier molecular flexibility index (Phi) is 11.7. The highest BCUT2D eigenvalue weighted by Gasteiger charge is 2.21. The first-order chi connectivity index (χ1) is 18.4. The van der Waals surface area contributed by atoms with Crippen LogP contribution >= 0.6 is 0 Å². The summed E-state index contributed by atoms with van der Waals surface area (Å²) in [6.45, 7) is 10.4. The van der Waals surface area contributed by atoms with Gasteiger partial charge in [-0.15, -0.1) is 16.4 Å². The molecule has 2 aromatic rings. The van der Waals surface area contributed by atoms with Crippen LogP contribution in [-0.4, -0.2) is 103 Å². The first kappa shape index (κ1) is 29.3. The van der Waals surface area contributed by atoms with Gasteiger partial charge in [-0.1, -0.05) is 24.3 Å². The van der Waals surface area contributed by atoms with Crippen LogP contribution in [0.4, 0.5) is 0 Å². The number of carbonyl (C=O) groups is 2. The third-order valence-electron chi connectivity index (χ3n) is 7.00. The summed E-state index contributed by atoms with van der Waals surface area (Å²) < 4.78 is 2.15. The summed E-state index contributed by atoms with van der Waals surface area (Å²) in [6, 6.07) is 10.5. The molecule has 0 atom stereocenters. The molecule has 2 heterocycles. The number of nitroso groups, excluding NO2 is 2. The van der Waals surface area contributed by atoms with E-state index in [1.165, 1.54) is 16.5 Å². The van der Waals surface area contributed by atoms with Gasteiger partial charge in [0.25, 0.3) is 11.8 Å². The summed E-state index contributed by atoms with van der Waals surface area (Å²) in [5.41, 5.74) is 1.20. The molecule has 0 spiro atoms. The van der Waals surface area contributed by atoms with Crippen molar-refractivity contribution in [2.45, 2.75) is 13.0 Å². The second-order valence-electron chi connectivity index (χ2n) is 9.70. The van der Waals surface area contributed by atoms with E-state index in [-0.39, 0.29) is 13.1 Å². The highest BCUT2D eigenvalue weighted by atomic mass is 16.3. The van der Waals surface area contributed by atoms with Crippen LogP contribution in [0.25, 0.3) is 10.8 Å². The number of hydrogen-bond donors (Lipinski definition) is 0. The van der Waals surface area contributed by atoms with Gasteiger partial charge in [-0.3, -0.25) is 29.2 Å². The summed E-state index contributed by atoms with van der Waals surface area (Å²) in [4.78, 5) is 53.7. The van der Waals surface area contributed by atoms with E-state index in [4.69, 9.17) is 0 Å². The van der Waals surface area contributed by atoms with Gasteiger partial charge < -0.3 is 0 Å². The number of amides is 2. The van der Waals surface area contributed by atoms with Crippen molar-refractivity contribution in [1.82, 2.24) is 19.6 Å². The van der Waals surface area contributed by atoms with Crippen molar-refractivity contribution in [2.75, 3.05) is 72.0 Å². The molecule has 1 fully saturated rings. The molecule has 1 saturated heterocycles. The molecule has 3 rings (SSSR count). The molecule has 11 heteroatoms. The van der Waals surface area contributed by atoms with Crippen LogP contribution in [0.2, 0.25) is 0 Å². The molecule has 38 heavy (non-hydrogen) atoms. The van der Waals surface area contributed by atoms with Crippen LogP contribution in [0.1, 0.15) is 12.1 Å². The van der Waals surface area contributed by atoms with Crippen molar-refractivity contribution >= 4 is 22.6 Å². The first-order valence-electron chi connectivity index (χ1n) is 13.0. The molecule has 0 N–H and O–H groups in total. The van der Waals surface area contributed by atoms with Crippen molar-refractivity contribution in [3.8, 4) is 0 Å². The molecule has 0 radical (unpaired) electrons. The van der Waals surface area contributed by atoms with E-state index in [0.717, 1.165) is 39.1 Å². The maximum absolute atomic E-state index is 11.9. The van der Waals surface area contributed by atoms with Crippen molar-refractivity contribution in [1.29, 1.82) is 0 Å². The Balaban J connectivity index is 1.84. The van der Waals surface area contributed by atoms with Crippen LogP contribution in [0.15, 0.2) is 59.5 Å². The summed E-state index contributed by atoms with van der Waals surface area (Å²) >= 11 is 0. The highest BCUT2D eigenvalue weighted by molar-refractivity contribution is 5.83. The molecular formula is C27H38N7O4+. The SMILES string of the molecule is C=CCN1CCCN(CC(=O)N=O)CCN(CC(=O)N=O)CCN(Cc2c3ccccc3cc[n+]2C)CC1. The molecule has 11 nitrogen and oxygen atoms in total. The van der Waals surface area contributed by atoms with Gasteiger partial charge in [-0.2, -0.15) is 0 Å². The number of hydrogen-bond acceptors (Lipinski definition) is 8. The van der Waals surface area contributed by atoms with Gasteiger partial charge in [0.2, 0.25) is 5.69 Å². The average Bonchev–Trinajstić information content (AvgIpc) is 2.94. The van der Waals surface area contributed by atoms with Gasteiger partial charge in [0.05, 0.1) is 25.0 Å². The monoisotopic (exact) mass is 524 g/mol. The minimum Gasteiger partial charge on any atom is -0.298 e. The molecule has 1 aromatic carbocycles. The number of aryl methyl sites for hydroxylation is 1. The van der Waals surface area contributed by atoms with Crippen molar-refractivity contribution < 1.29 is 14.2 Å². The van der Waals surface area contributed by atoms with Gasteiger partial charge in [-0.05, 0) is 31.0 Å². The number of aromatic nitrogens is 1. The van der Waals surface area contributed by atoms with Gasteiger partial charge >= 0.3 is 0 Å². The maximum Gasteiger partial charge on any atom is 0.300 e. The Morgan fingerprint density at radius 2 is 1.39 bits per heavy atom. The molecule has 1 aliphatic rings. The number of carbonyl (C=O) groups excluding carboxylic acids is 2. The number of pyridine rings is 1. The summed E-state index contributed by atoms with van der Waals surface area (Å²) in [5.74, 6) is -1.45. The maximum atomic E-state index is 11.9. The predicted octanol–water partition coefficient (Wildman–Crippen LogP) is 1.55. The average molecular weight is 525 g/mol. The quantitative estimate of drug-likeness (QED) is 0.291. The summed E-state index contributed by atoms with van der Waals surface area (Å²) in [7, 11) is 2.05. The van der Waals surface area contributed by atoms with E-state index in [1.807, 2.05) is 28.0 Å². The van der Waals surface area contributed by atoms with Crippen LogP contribution in [0.3, 0.4) is 0 Å². The zero-order valence-electron chi connectivity index (χ0n) is 22.2. The van der Waals surface area contributed by atoms with E-state index in [2.05, 4.69) is 62.7 Å². The minimum absolute atomic E-state index is 0.0671. The van der Waals surface area contributed by atoms with Crippen molar-refractivity contribution in [3.63, 3.8) is 0 Å². The van der Waals surface area contributed by atoms with E-state index in [1.54, 1.807) is 0 Å². The summed E-state index contributed by atoms with van der Waals surface area (Å²) in [5, 5.41) is 7.51. The largest absolute Gasteiger partial charge is 0.300 e. The van der Waals surface area contributed by atoms with Crippen LogP contribution < -0.4 is 4.57 Å². The molecule has 204 valence electrons. The topological polar surface area (TPSA) is 110 Å². The molecule has 1 aromatic heterocycles. The standard InChI is InChI=1S/C27H38N7O4/c1-3-10-31-11-6-12-32(21-26(35)28-37)16-18-34(22-27(36)29-38)19-17-33(15-14-31)20-25-24-8-5-4-7-23(24)9-13-30(25)2/h3-5,7-9,13H,1,6,10-12,14-22H2,2H3/q+1. The smallest absolute Gasteiger partial charge is 0.298 e. The molecule has 1 aliphatic heterocycles. The number of rotatable bonds is 8. The Hall–Kier alpha value is -3.25. The number of fused-ring (bicyclic) bond motifs is 1. The van der Waals surface area contributed by atoms with E-state index < -0.39 is 11.8 Å². The molecule has 0 unspecified atom stereocenters. The number of nitrogens with zero attached hydrogens (tertiary/aromatic N) is 7. The third kappa shape index (κ3) is 8.95. The van der Waals surface area contributed by atoms with E-state index in [0.29, 0.717) is 32.7 Å². The van der Waals surface area contributed by atoms with Crippen molar-refractivity contribution in [2.24, 2.45) is 17.4 Å². The van der Waals surface area contributed by atoms with Crippen LogP contribution in [-0.2, 0) is 23.2 Å². The summed E-state index contributed by atoms with van der Waals surface area (Å²) in [6.07, 6.45) is 4.77. The molecular weight excluding hydrogens is 486 g/mol. The lowest BCUT2D eigenvalue weighted by atomic mass is 10.1. The third-order valence-corrected chi connectivity index (χ3v) is 7.00. The second-order valence-corrected chi connectivity index (χ2v) is 9.70. The van der Waals surface area contributed by atoms with Crippen molar-refractivity contribution in [3.05, 3.63) is 64.7 Å². The van der Waals surface area contributed by atoms with Gasteiger partial charge in [0, 0.05) is 62.2 Å². The predicted molar refractivity (Wildman–Crippen MR) is 146 cm³/mol. The van der Waals surface area contributed by atoms with E-state index >= 15 is 0 Å². The van der Waals surface area contributed by atoms with E-state index in [9.17, 15) is 19.4 Å². The lowest BCUT2D eigenvalue weighted by molar-refractivity contribution is -0.678. The fraction of sp³-hybridized carbons (Fsp3) is 0.519. The molecule has 2 amide bonds. The minimum atomic E-state index is -0.726. The Labute approximate surface area is 223 Å². The Morgan fingerprint density at radius 1 is 0.842 bits per heavy atom. The normalized spacial score (nSPS) is 17.7. The number of benzene rings is 1. The van der Waals surface area contributed by atoms with Gasteiger partial charge in [-0.25, -0.2) is 4.57 Å². The zero-order chi connectivity index (χ0) is 27.3. The Morgan fingerprint density at radius 3 is 2.03 bits per heavy atom. The lowest BCUT2D eigenvalue weighted by Crippen LogP contribution is -2.44. The molecule has 0 bridgehead atoms. The molecule has 0 saturated carbocycles. The molecule has 0 aliphatic carbocycles. The van der Waals surface area contributed by atoms with Gasteiger partial charge in [0.1, 0.15) is 7.05 Å². The van der Waals surface area contributed by atoms with Crippen LogP contribution in [0.5, 0.6) is 0 Å². The van der Waals surface area contributed by atoms with Gasteiger partial charge in [0.15, 0.2) is 6.20 Å². The highest BCUT2D eigenvalue weighted by Crippen LogP contribution is 2.17. The fourth-order valence-corrected chi connectivity index (χ4v) is 4.88. The van der Waals surface area contributed by atoms with Crippen LogP contribution in [0, 0.1) is 9.81 Å². The first-order valence-corrected chi connectivity index (χ1v) is 13.0. The fourth-order valence-electron chi connectivity index (χ4n) is 4.88. The lowest BCUT2D eigenvalue weighted by Gasteiger charge is -2.28. The Bertz CT molecular complexity index is 1130. The zero-order valence-corrected chi connectivity index (χ0v) is 22.2.